The summed E-state index contributed by atoms with van der Waals surface area (Å²) in [4.78, 5) is 10.2. The van der Waals surface area contributed by atoms with Gasteiger partial charge in [0, 0.05) is 33.4 Å². The van der Waals surface area contributed by atoms with Gasteiger partial charge in [-0.05, 0) is 25.0 Å². The van der Waals surface area contributed by atoms with Crippen LogP contribution in [0.4, 0.5) is 11.4 Å². The van der Waals surface area contributed by atoms with E-state index in [0.717, 1.165) is 12.5 Å². The average Bonchev–Trinajstić information content (AvgIpc) is 2.46. The lowest BCUT2D eigenvalue weighted by Gasteiger charge is -2.08. The molecule has 0 aliphatic heterocycles. The topological polar surface area (TPSA) is 111 Å². The quantitative estimate of drug-likeness (QED) is 0.404. The van der Waals surface area contributed by atoms with Crippen LogP contribution in [0.3, 0.4) is 0 Å². The number of hydrogen-bond acceptors (Lipinski definition) is 6. The Bertz CT molecular complexity index is 589. The molecule has 0 aliphatic rings. The van der Waals surface area contributed by atoms with Crippen LogP contribution < -0.4 is 10.0 Å². The van der Waals surface area contributed by atoms with Gasteiger partial charge in [-0.3, -0.25) is 10.1 Å². The first-order valence-corrected chi connectivity index (χ1v) is 7.85. The van der Waals surface area contributed by atoms with Crippen LogP contribution in [0.5, 0.6) is 0 Å². The molecule has 0 amide bonds. The third-order valence-corrected chi connectivity index (χ3v) is 4.27. The van der Waals surface area contributed by atoms with Gasteiger partial charge in [-0.2, -0.15) is 0 Å². The molecule has 0 atom stereocenters. The van der Waals surface area contributed by atoms with Gasteiger partial charge in [0.15, 0.2) is 0 Å². The summed E-state index contributed by atoms with van der Waals surface area (Å²) < 4.78 is 31.4. The highest BCUT2D eigenvalue weighted by atomic mass is 32.2. The van der Waals surface area contributed by atoms with E-state index in [1.54, 1.807) is 7.11 Å². The highest BCUT2D eigenvalue weighted by Gasteiger charge is 2.20. The van der Waals surface area contributed by atoms with Crippen LogP contribution in [-0.4, -0.2) is 40.7 Å². The number of ether oxygens (including phenoxy) is 1. The number of nitrogens with zero attached hydrogens (tertiary/aromatic N) is 1. The summed E-state index contributed by atoms with van der Waals surface area (Å²) in [6, 6.07) is 3.75. The Balaban J connectivity index is 2.83. The molecule has 1 aromatic carbocycles. The van der Waals surface area contributed by atoms with E-state index in [1.807, 2.05) is 0 Å². The zero-order chi connectivity index (χ0) is 15.9. The Hall–Kier alpha value is -1.71. The second-order valence-electron chi connectivity index (χ2n) is 4.28. The lowest BCUT2D eigenvalue weighted by atomic mass is 10.3. The van der Waals surface area contributed by atoms with Crippen LogP contribution in [0, 0.1) is 10.1 Å². The molecule has 1 rings (SSSR count). The number of methoxy groups -OCH3 is 1. The molecule has 0 fully saturated rings. The van der Waals surface area contributed by atoms with E-state index >= 15 is 0 Å². The fourth-order valence-corrected chi connectivity index (χ4v) is 2.80. The van der Waals surface area contributed by atoms with Gasteiger partial charge in [-0.1, -0.05) is 0 Å². The van der Waals surface area contributed by atoms with E-state index in [-0.39, 0.29) is 22.8 Å². The van der Waals surface area contributed by atoms with Crippen LogP contribution >= 0.6 is 0 Å². The SMILES string of the molecule is CNc1ccc(S(=O)(=O)NCCCCOC)cc1[N+](=O)[O-]. The van der Waals surface area contributed by atoms with Crippen molar-refractivity contribution in [3.05, 3.63) is 28.3 Å². The minimum atomic E-state index is -3.75. The second-order valence-corrected chi connectivity index (χ2v) is 6.05. The van der Waals surface area contributed by atoms with Crippen LogP contribution in [-0.2, 0) is 14.8 Å². The lowest BCUT2D eigenvalue weighted by Crippen LogP contribution is -2.25. The molecule has 0 saturated carbocycles. The maximum atomic E-state index is 12.1. The first-order chi connectivity index (χ1) is 9.92. The van der Waals surface area contributed by atoms with E-state index in [0.29, 0.717) is 13.0 Å². The van der Waals surface area contributed by atoms with E-state index < -0.39 is 14.9 Å². The monoisotopic (exact) mass is 317 g/mol. The summed E-state index contributed by atoms with van der Waals surface area (Å²) in [6.07, 6.45) is 1.36. The third kappa shape index (κ3) is 4.96. The number of unbranched alkanes of at least 4 members (excludes halogenated alkanes) is 1. The van der Waals surface area contributed by atoms with Gasteiger partial charge < -0.3 is 10.1 Å². The van der Waals surface area contributed by atoms with Crippen molar-refractivity contribution in [1.29, 1.82) is 0 Å². The standard InChI is InChI=1S/C12H19N3O5S/c1-13-11-6-5-10(9-12(11)15(16)17)21(18,19)14-7-3-4-8-20-2/h5-6,9,13-14H,3-4,7-8H2,1-2H3. The molecule has 9 heteroatoms. The molecule has 2 N–H and O–H groups in total. The summed E-state index contributed by atoms with van der Waals surface area (Å²) in [5.41, 5.74) is -0.0150. The Morgan fingerprint density at radius 3 is 2.62 bits per heavy atom. The van der Waals surface area contributed by atoms with Crippen LogP contribution in [0.15, 0.2) is 23.1 Å². The molecule has 8 nitrogen and oxygen atoms in total. The Labute approximate surface area is 123 Å². The van der Waals surface area contributed by atoms with Crippen molar-refractivity contribution < 1.29 is 18.1 Å². The van der Waals surface area contributed by atoms with Gasteiger partial charge >= 0.3 is 0 Å². The molecule has 0 aromatic heterocycles. The molecule has 0 saturated heterocycles. The minimum Gasteiger partial charge on any atom is -0.385 e. The van der Waals surface area contributed by atoms with E-state index in [4.69, 9.17) is 4.74 Å². The first-order valence-electron chi connectivity index (χ1n) is 6.37. The summed E-state index contributed by atoms with van der Waals surface area (Å²) >= 11 is 0. The molecule has 0 bridgehead atoms. The predicted octanol–water partition coefficient (Wildman–Crippen LogP) is 1.34. The molecular weight excluding hydrogens is 298 g/mol. The maximum Gasteiger partial charge on any atom is 0.293 e. The molecular formula is C12H19N3O5S. The molecule has 0 aliphatic carbocycles. The molecule has 1 aromatic rings. The zero-order valence-corrected chi connectivity index (χ0v) is 12.8. The summed E-state index contributed by atoms with van der Waals surface area (Å²) in [7, 11) is -0.643. The number of rotatable bonds is 9. The number of nitrogens with one attached hydrogen (secondary N) is 2. The van der Waals surface area contributed by atoms with Crippen LogP contribution in [0.2, 0.25) is 0 Å². The van der Waals surface area contributed by atoms with Crippen molar-refractivity contribution in [2.75, 3.05) is 32.6 Å². The van der Waals surface area contributed by atoms with Crippen molar-refractivity contribution in [2.45, 2.75) is 17.7 Å². The molecule has 0 unspecified atom stereocenters. The molecule has 118 valence electrons. The van der Waals surface area contributed by atoms with Crippen LogP contribution in [0.1, 0.15) is 12.8 Å². The van der Waals surface area contributed by atoms with Crippen molar-refractivity contribution in [1.82, 2.24) is 4.72 Å². The van der Waals surface area contributed by atoms with Gasteiger partial charge in [-0.15, -0.1) is 0 Å². The van der Waals surface area contributed by atoms with Gasteiger partial charge in [0.1, 0.15) is 5.69 Å². The first kappa shape index (κ1) is 17.3. The number of benzene rings is 1. The van der Waals surface area contributed by atoms with Crippen molar-refractivity contribution >= 4 is 21.4 Å². The number of nitro groups is 1. The van der Waals surface area contributed by atoms with E-state index in [2.05, 4.69) is 10.0 Å². The summed E-state index contributed by atoms with van der Waals surface area (Å²) in [5, 5.41) is 13.6. The number of nitro benzene ring substituents is 1. The Morgan fingerprint density at radius 2 is 2.05 bits per heavy atom. The van der Waals surface area contributed by atoms with Crippen molar-refractivity contribution in [3.8, 4) is 0 Å². The van der Waals surface area contributed by atoms with E-state index in [1.165, 1.54) is 19.2 Å². The van der Waals surface area contributed by atoms with Crippen molar-refractivity contribution in [3.63, 3.8) is 0 Å². The molecule has 0 radical (unpaired) electrons. The fourth-order valence-electron chi connectivity index (χ4n) is 1.70. The largest absolute Gasteiger partial charge is 0.385 e. The smallest absolute Gasteiger partial charge is 0.293 e. The molecule has 0 heterocycles. The van der Waals surface area contributed by atoms with Crippen molar-refractivity contribution in [2.24, 2.45) is 0 Å². The Kier molecular flexibility index (Phi) is 6.53. The van der Waals surface area contributed by atoms with Gasteiger partial charge in [0.05, 0.1) is 9.82 Å². The Morgan fingerprint density at radius 1 is 1.33 bits per heavy atom. The molecule has 0 spiro atoms. The van der Waals surface area contributed by atoms with Gasteiger partial charge in [0.2, 0.25) is 10.0 Å². The lowest BCUT2D eigenvalue weighted by molar-refractivity contribution is -0.384. The summed E-state index contributed by atoms with van der Waals surface area (Å²) in [6.45, 7) is 0.817. The minimum absolute atomic E-state index is 0.125. The van der Waals surface area contributed by atoms with Crippen LogP contribution in [0.25, 0.3) is 0 Å². The highest BCUT2D eigenvalue weighted by molar-refractivity contribution is 7.89. The number of anilines is 1. The van der Waals surface area contributed by atoms with Gasteiger partial charge in [0.25, 0.3) is 5.69 Å². The normalized spacial score (nSPS) is 11.3. The third-order valence-electron chi connectivity index (χ3n) is 2.81. The fraction of sp³-hybridized carbons (Fsp3) is 0.500. The number of hydrogen-bond donors (Lipinski definition) is 2. The number of sulfonamides is 1. The maximum absolute atomic E-state index is 12.1. The average molecular weight is 317 g/mol. The predicted molar refractivity (Wildman–Crippen MR) is 78.9 cm³/mol. The highest BCUT2D eigenvalue weighted by Crippen LogP contribution is 2.26. The second kappa shape index (κ2) is 7.91. The molecule has 21 heavy (non-hydrogen) atoms. The summed E-state index contributed by atoms with van der Waals surface area (Å²) in [5.74, 6) is 0. The van der Waals surface area contributed by atoms with Gasteiger partial charge in [-0.25, -0.2) is 13.1 Å². The van der Waals surface area contributed by atoms with E-state index in [9.17, 15) is 18.5 Å². The zero-order valence-electron chi connectivity index (χ0n) is 12.0.